The van der Waals surface area contributed by atoms with Crippen molar-refractivity contribution < 1.29 is 114 Å². The predicted octanol–water partition coefficient (Wildman–Crippen LogP) is 7.78. The van der Waals surface area contributed by atoms with E-state index in [-0.39, 0.29) is 21.3 Å². The van der Waals surface area contributed by atoms with Gasteiger partial charge in [-0.2, -0.15) is 101 Å². The van der Waals surface area contributed by atoms with Crippen LogP contribution in [0.3, 0.4) is 0 Å². The first-order chi connectivity index (χ1) is 17.9. The van der Waals surface area contributed by atoms with Crippen LogP contribution in [0, 0.1) is 0 Å². The van der Waals surface area contributed by atoms with Gasteiger partial charge >= 0.3 is 74.2 Å². The molecule has 0 N–H and O–H groups in total. The zero-order chi connectivity index (χ0) is 34.8. The van der Waals surface area contributed by atoms with Gasteiger partial charge in [0.1, 0.15) is 0 Å². The standard InChI is InChI=1S/C15H11F23O3Si/c1-39-42(40-2,41-3)4-5(16,17)6(18,19)7(20,21)8(22,23)9(24,25)10(26,27)11(28,29)12(30,31)13(32,33)14(34,35)15(36,37)38/h4H2,1-3H3. The molecule has 0 aliphatic heterocycles. The Balaban J connectivity index is 7.24. The minimum Gasteiger partial charge on any atom is -0.377 e. The number of rotatable bonds is 14. The number of hydrogen-bond donors (Lipinski definition) is 0. The molecular formula is C15H11F23O3Si. The molecule has 0 atom stereocenters. The fourth-order valence-corrected chi connectivity index (χ4v) is 4.34. The van der Waals surface area contributed by atoms with E-state index in [0.717, 1.165) is 0 Å². The van der Waals surface area contributed by atoms with Crippen LogP contribution >= 0.6 is 0 Å². The Kier molecular flexibility index (Phi) is 10.2. The fourth-order valence-electron chi connectivity index (χ4n) is 2.64. The molecule has 0 heterocycles. The third-order valence-electron chi connectivity index (χ3n) is 5.34. The summed E-state index contributed by atoms with van der Waals surface area (Å²) >= 11 is 0. The Morgan fingerprint density at radius 2 is 0.524 bits per heavy atom. The lowest BCUT2D eigenvalue weighted by atomic mass is 9.85. The van der Waals surface area contributed by atoms with Crippen LogP contribution in [0.5, 0.6) is 0 Å². The molecule has 0 aromatic carbocycles. The minimum atomic E-state index is -9.43. The Morgan fingerprint density at radius 3 is 0.714 bits per heavy atom. The smallest absolute Gasteiger partial charge is 0.377 e. The van der Waals surface area contributed by atoms with E-state index in [4.69, 9.17) is 0 Å². The Hall–Kier alpha value is -1.51. The van der Waals surface area contributed by atoms with Crippen molar-refractivity contribution in [3.8, 4) is 0 Å². The van der Waals surface area contributed by atoms with Gasteiger partial charge in [0, 0.05) is 21.3 Å². The monoisotopic (exact) mass is 704 g/mol. The van der Waals surface area contributed by atoms with E-state index in [1.807, 2.05) is 0 Å². The van der Waals surface area contributed by atoms with Crippen molar-refractivity contribution in [3.05, 3.63) is 0 Å². The summed E-state index contributed by atoms with van der Waals surface area (Å²) < 4.78 is 320. The molecule has 0 saturated heterocycles. The van der Waals surface area contributed by atoms with Crippen LogP contribution in [0.4, 0.5) is 101 Å². The van der Waals surface area contributed by atoms with Crippen molar-refractivity contribution in [1.82, 2.24) is 0 Å². The molecule has 0 aromatic heterocycles. The van der Waals surface area contributed by atoms with Crippen molar-refractivity contribution in [3.63, 3.8) is 0 Å². The fraction of sp³-hybridized carbons (Fsp3) is 1.00. The van der Waals surface area contributed by atoms with Crippen molar-refractivity contribution in [2.24, 2.45) is 0 Å². The van der Waals surface area contributed by atoms with Crippen molar-refractivity contribution in [1.29, 1.82) is 0 Å². The molecule has 0 radical (unpaired) electrons. The van der Waals surface area contributed by atoms with E-state index in [9.17, 15) is 101 Å². The Morgan fingerprint density at radius 1 is 0.333 bits per heavy atom. The zero-order valence-corrected chi connectivity index (χ0v) is 20.6. The summed E-state index contributed by atoms with van der Waals surface area (Å²) in [5.41, 5.74) is 0. The van der Waals surface area contributed by atoms with E-state index in [1.54, 1.807) is 0 Å². The van der Waals surface area contributed by atoms with Crippen LogP contribution in [0.15, 0.2) is 0 Å². The molecule has 42 heavy (non-hydrogen) atoms. The molecule has 0 spiro atoms. The first-order valence-electron chi connectivity index (χ1n) is 9.39. The van der Waals surface area contributed by atoms with E-state index in [1.165, 1.54) is 0 Å². The van der Waals surface area contributed by atoms with Gasteiger partial charge in [-0.1, -0.05) is 0 Å². The molecule has 0 aliphatic rings. The van der Waals surface area contributed by atoms with E-state index < -0.39 is 80.3 Å². The maximum Gasteiger partial charge on any atom is 0.506 e. The maximum absolute atomic E-state index is 14.0. The Bertz CT molecular complexity index is 945. The topological polar surface area (TPSA) is 27.7 Å². The summed E-state index contributed by atoms with van der Waals surface area (Å²) in [7, 11) is -4.62. The summed E-state index contributed by atoms with van der Waals surface area (Å²) in [6.45, 7) is 0. The molecule has 0 rings (SSSR count). The third-order valence-corrected chi connectivity index (χ3v) is 8.08. The quantitative estimate of drug-likeness (QED) is 0.137. The van der Waals surface area contributed by atoms with Crippen LogP contribution < -0.4 is 0 Å². The van der Waals surface area contributed by atoms with Crippen LogP contribution in [0.2, 0.25) is 6.04 Å². The summed E-state index contributed by atoms with van der Waals surface area (Å²) in [6, 6.07) is -3.13. The van der Waals surface area contributed by atoms with Gasteiger partial charge in [0.05, 0.1) is 6.04 Å². The molecule has 0 saturated carbocycles. The van der Waals surface area contributed by atoms with Gasteiger partial charge in [-0.25, -0.2) is 0 Å². The van der Waals surface area contributed by atoms with Gasteiger partial charge in [0.2, 0.25) is 0 Å². The van der Waals surface area contributed by atoms with Crippen molar-refractivity contribution >= 4 is 8.80 Å². The average Bonchev–Trinajstić information content (AvgIpc) is 2.80. The summed E-state index contributed by atoms with van der Waals surface area (Å²) in [6.07, 6.45) is -8.11. The van der Waals surface area contributed by atoms with Gasteiger partial charge in [-0.05, 0) is 0 Å². The normalized spacial score (nSPS) is 16.7. The summed E-state index contributed by atoms with van der Waals surface area (Å²) in [4.78, 5) is 0. The number of halogens is 23. The van der Waals surface area contributed by atoms with Crippen LogP contribution in [0.1, 0.15) is 0 Å². The van der Waals surface area contributed by atoms with Crippen LogP contribution in [-0.4, -0.2) is 95.5 Å². The van der Waals surface area contributed by atoms with Crippen LogP contribution in [-0.2, 0) is 13.3 Å². The molecule has 0 fully saturated rings. The lowest BCUT2D eigenvalue weighted by Gasteiger charge is -2.45. The Labute approximate surface area is 217 Å². The second-order valence-electron chi connectivity index (χ2n) is 7.84. The molecule has 0 unspecified atom stereocenters. The lowest BCUT2D eigenvalue weighted by molar-refractivity contribution is -0.478. The average molecular weight is 704 g/mol. The van der Waals surface area contributed by atoms with Gasteiger partial charge < -0.3 is 13.3 Å². The molecule has 0 bridgehead atoms. The summed E-state index contributed by atoms with van der Waals surface area (Å²) in [5.74, 6) is -88.1. The van der Waals surface area contributed by atoms with E-state index in [0.29, 0.717) is 0 Å². The van der Waals surface area contributed by atoms with Crippen LogP contribution in [0.25, 0.3) is 0 Å². The van der Waals surface area contributed by atoms with Gasteiger partial charge in [0.15, 0.2) is 0 Å². The molecule has 0 amide bonds. The first-order valence-corrected chi connectivity index (χ1v) is 11.3. The van der Waals surface area contributed by atoms with Crippen molar-refractivity contribution in [2.75, 3.05) is 21.3 Å². The number of hydrogen-bond acceptors (Lipinski definition) is 3. The summed E-state index contributed by atoms with van der Waals surface area (Å²) in [5, 5.41) is 0. The molecule has 3 nitrogen and oxygen atoms in total. The predicted molar refractivity (Wildman–Crippen MR) is 87.1 cm³/mol. The first kappa shape index (κ1) is 40.5. The van der Waals surface area contributed by atoms with E-state index >= 15 is 0 Å². The molecule has 254 valence electrons. The second kappa shape index (κ2) is 10.5. The van der Waals surface area contributed by atoms with Gasteiger partial charge in [-0.3, -0.25) is 0 Å². The lowest BCUT2D eigenvalue weighted by Crippen LogP contribution is -2.77. The van der Waals surface area contributed by atoms with Gasteiger partial charge in [-0.15, -0.1) is 0 Å². The second-order valence-corrected chi connectivity index (χ2v) is 10.8. The molecular weight excluding hydrogens is 693 g/mol. The van der Waals surface area contributed by atoms with Crippen molar-refractivity contribution in [2.45, 2.75) is 71.4 Å². The largest absolute Gasteiger partial charge is 0.506 e. The zero-order valence-electron chi connectivity index (χ0n) is 19.6. The van der Waals surface area contributed by atoms with Gasteiger partial charge in [0.25, 0.3) is 0 Å². The molecule has 0 aliphatic carbocycles. The van der Waals surface area contributed by atoms with E-state index in [2.05, 4.69) is 13.3 Å². The number of alkyl halides is 23. The highest BCUT2D eigenvalue weighted by Gasteiger charge is 2.98. The minimum absolute atomic E-state index is 0.259. The highest BCUT2D eigenvalue weighted by Crippen LogP contribution is 2.67. The molecule has 27 heteroatoms. The maximum atomic E-state index is 14.0. The SMILES string of the molecule is CO[Si](CC(F)(F)C(F)(F)C(F)(F)C(F)(F)C(F)(F)C(F)(F)C(F)(F)C(F)(F)C(F)(F)C(F)(F)C(F)(F)F)(OC)OC. The third kappa shape index (κ3) is 5.05. The highest BCUT2D eigenvalue weighted by atomic mass is 28.4. The molecule has 0 aromatic rings. The highest BCUT2D eigenvalue weighted by molar-refractivity contribution is 6.60.